The second-order valence-corrected chi connectivity index (χ2v) is 27.6. The van der Waals surface area contributed by atoms with Gasteiger partial charge in [0.1, 0.15) is 22.3 Å². The molecule has 20 aromatic rings. The van der Waals surface area contributed by atoms with Gasteiger partial charge in [0.05, 0.1) is 22.8 Å². The van der Waals surface area contributed by atoms with Crippen molar-refractivity contribution in [2.75, 3.05) is 0 Å². The van der Waals surface area contributed by atoms with Crippen LogP contribution < -0.4 is 0 Å². The Kier molecular flexibility index (Phi) is 13.5. The molecule has 466 valence electrons. The number of thiophene rings is 2. The molecular formula is C92H54N4O2S2. The average molecular weight is 1310 g/mol. The molecule has 0 fully saturated rings. The minimum absolute atomic E-state index is 0.657. The SMILES string of the molecule is c1ccc(-c2ccccc2-c2cc(-c3cccc4c3sc3ccccc34)nc(-c3ccc(-c4ccc5oc6ccc(-c7ccc8c(c7)oc7c(-c9ccc(-c%10nc(-c%11ccccc%11-c%11ccccc%11)cc(-c%11cccc%12c%11sc%11ccccc%11%12)n%10)cc9)cccc78)cc6c5c4)cc3)n2)cc1. The lowest BCUT2D eigenvalue weighted by Crippen LogP contribution is -1.97. The summed E-state index contributed by atoms with van der Waals surface area (Å²) in [6.07, 6.45) is 0. The number of aromatic nitrogens is 4. The Balaban J connectivity index is 0.620. The predicted octanol–water partition coefficient (Wildman–Crippen LogP) is 26.1. The van der Waals surface area contributed by atoms with Gasteiger partial charge in [0.15, 0.2) is 11.6 Å². The van der Waals surface area contributed by atoms with Crippen LogP contribution in [0.4, 0.5) is 0 Å². The van der Waals surface area contributed by atoms with Crippen LogP contribution in [-0.4, -0.2) is 19.9 Å². The molecule has 0 aliphatic carbocycles. The van der Waals surface area contributed by atoms with Gasteiger partial charge in [-0.3, -0.25) is 0 Å². The zero-order valence-corrected chi connectivity index (χ0v) is 55.2. The smallest absolute Gasteiger partial charge is 0.160 e. The van der Waals surface area contributed by atoms with Gasteiger partial charge in [-0.25, -0.2) is 19.9 Å². The van der Waals surface area contributed by atoms with Gasteiger partial charge in [0.25, 0.3) is 0 Å². The molecule has 14 aromatic carbocycles. The van der Waals surface area contributed by atoms with E-state index in [0.29, 0.717) is 11.6 Å². The first-order valence-corrected chi connectivity index (χ1v) is 35.2. The van der Waals surface area contributed by atoms with Crippen LogP contribution in [0.15, 0.2) is 336 Å². The summed E-state index contributed by atoms with van der Waals surface area (Å²) in [5.41, 5.74) is 23.8. The second kappa shape index (κ2) is 23.5. The van der Waals surface area contributed by atoms with Crippen LogP contribution in [0.1, 0.15) is 0 Å². The van der Waals surface area contributed by atoms with Crippen molar-refractivity contribution < 1.29 is 8.83 Å². The standard InChI is InChI=1S/C92H54N4O2S2/c1-3-18-56(19-4-1)64-22-7-9-24-67(64)79-53-81(75-32-16-30-73-70-26-11-13-34-86(70)99-89(73)75)95-91(93-79)59-40-36-55(37-41-59)61-45-48-83-77(50-61)78-51-62(46-49-84(78)97-83)63-44-47-69-72-29-15-28-66(88(72)98-85(69)52-63)58-38-42-60(43-39-58)92-94-80(68-25-10-8-23-65(68)57-20-5-2-6-21-57)54-82(96-92)76-33-17-31-74-71-27-12-14-35-87(71)100-90(74)76/h1-54H. The molecule has 0 spiro atoms. The fourth-order valence-corrected chi connectivity index (χ4v) is 17.2. The van der Waals surface area contributed by atoms with Crippen LogP contribution in [0.25, 0.3) is 208 Å². The molecule has 0 saturated carbocycles. The largest absolute Gasteiger partial charge is 0.456 e. The van der Waals surface area contributed by atoms with Crippen LogP contribution in [0.5, 0.6) is 0 Å². The normalized spacial score (nSPS) is 11.8. The quantitative estimate of drug-likeness (QED) is 0.128. The monoisotopic (exact) mass is 1310 g/mol. The lowest BCUT2D eigenvalue weighted by atomic mass is 9.96. The molecule has 0 aliphatic heterocycles. The zero-order valence-electron chi connectivity index (χ0n) is 53.6. The minimum Gasteiger partial charge on any atom is -0.456 e. The molecule has 6 heterocycles. The third-order valence-electron chi connectivity index (χ3n) is 19.6. The number of benzene rings is 14. The molecule has 0 N–H and O–H groups in total. The Hall–Kier alpha value is -12.7. The Morgan fingerprint density at radius 2 is 0.570 bits per heavy atom. The molecule has 6 nitrogen and oxygen atoms in total. The third kappa shape index (κ3) is 9.83. The van der Waals surface area contributed by atoms with E-state index in [2.05, 4.69) is 328 Å². The summed E-state index contributed by atoms with van der Waals surface area (Å²) in [5.74, 6) is 1.32. The number of hydrogen-bond donors (Lipinski definition) is 0. The van der Waals surface area contributed by atoms with Gasteiger partial charge in [-0.05, 0) is 111 Å². The van der Waals surface area contributed by atoms with Gasteiger partial charge in [-0.15, -0.1) is 22.7 Å². The maximum Gasteiger partial charge on any atom is 0.160 e. The van der Waals surface area contributed by atoms with Gasteiger partial charge in [0.2, 0.25) is 0 Å². The second-order valence-electron chi connectivity index (χ2n) is 25.5. The van der Waals surface area contributed by atoms with Gasteiger partial charge >= 0.3 is 0 Å². The van der Waals surface area contributed by atoms with E-state index in [1.54, 1.807) is 0 Å². The number of rotatable bonds is 11. The molecule has 20 rings (SSSR count). The summed E-state index contributed by atoms with van der Waals surface area (Å²) in [4.78, 5) is 21.5. The molecule has 0 radical (unpaired) electrons. The maximum absolute atomic E-state index is 6.94. The first-order chi connectivity index (χ1) is 49.5. The molecular weight excluding hydrogens is 1260 g/mol. The van der Waals surface area contributed by atoms with E-state index < -0.39 is 0 Å². The molecule has 6 aromatic heterocycles. The van der Waals surface area contributed by atoms with Gasteiger partial charge in [0, 0.05) is 101 Å². The van der Waals surface area contributed by atoms with E-state index in [1.165, 1.54) is 40.3 Å². The van der Waals surface area contributed by atoms with Crippen molar-refractivity contribution in [1.82, 2.24) is 19.9 Å². The highest BCUT2D eigenvalue weighted by atomic mass is 32.1. The van der Waals surface area contributed by atoms with Crippen molar-refractivity contribution in [2.24, 2.45) is 0 Å². The summed E-state index contributed by atoms with van der Waals surface area (Å²) >= 11 is 3.63. The van der Waals surface area contributed by atoms with E-state index in [4.69, 9.17) is 28.8 Å². The first kappa shape index (κ1) is 57.5. The molecule has 0 atom stereocenters. The molecule has 0 unspecified atom stereocenters. The molecule has 0 amide bonds. The minimum atomic E-state index is 0.657. The summed E-state index contributed by atoms with van der Waals surface area (Å²) < 4.78 is 18.4. The van der Waals surface area contributed by atoms with Crippen molar-refractivity contribution >= 4 is 107 Å². The van der Waals surface area contributed by atoms with E-state index in [1.807, 2.05) is 22.7 Å². The van der Waals surface area contributed by atoms with Gasteiger partial charge in [-0.1, -0.05) is 267 Å². The molecule has 0 bridgehead atoms. The fourth-order valence-electron chi connectivity index (χ4n) is 14.7. The predicted molar refractivity (Wildman–Crippen MR) is 418 cm³/mol. The lowest BCUT2D eigenvalue weighted by Gasteiger charge is -2.13. The Labute approximate surface area is 582 Å². The van der Waals surface area contributed by atoms with Crippen molar-refractivity contribution in [2.45, 2.75) is 0 Å². The van der Waals surface area contributed by atoms with Crippen LogP contribution in [0.3, 0.4) is 0 Å². The van der Waals surface area contributed by atoms with Crippen LogP contribution in [-0.2, 0) is 0 Å². The summed E-state index contributed by atoms with van der Waals surface area (Å²) in [7, 11) is 0. The van der Waals surface area contributed by atoms with Crippen LogP contribution in [0.2, 0.25) is 0 Å². The average Bonchev–Trinajstić information content (AvgIpc) is 1.59. The number of hydrogen-bond acceptors (Lipinski definition) is 8. The van der Waals surface area contributed by atoms with Gasteiger partial charge < -0.3 is 8.83 Å². The van der Waals surface area contributed by atoms with Crippen LogP contribution >= 0.6 is 22.7 Å². The molecule has 8 heteroatoms. The van der Waals surface area contributed by atoms with E-state index in [-0.39, 0.29) is 0 Å². The van der Waals surface area contributed by atoms with E-state index >= 15 is 0 Å². The summed E-state index contributed by atoms with van der Waals surface area (Å²) in [6, 6.07) is 116. The lowest BCUT2D eigenvalue weighted by molar-refractivity contribution is 0.669. The van der Waals surface area contributed by atoms with Crippen LogP contribution in [0, 0.1) is 0 Å². The fraction of sp³-hybridized carbons (Fsp3) is 0. The Morgan fingerprint density at radius 3 is 1.10 bits per heavy atom. The summed E-state index contributed by atoms with van der Waals surface area (Å²) in [6.45, 7) is 0. The Morgan fingerprint density at radius 1 is 0.200 bits per heavy atom. The first-order valence-electron chi connectivity index (χ1n) is 33.5. The number of nitrogens with zero attached hydrogens (tertiary/aromatic N) is 4. The topological polar surface area (TPSA) is 77.8 Å². The number of fused-ring (bicyclic) bond motifs is 12. The van der Waals surface area contributed by atoms with E-state index in [0.717, 1.165) is 156 Å². The highest BCUT2D eigenvalue weighted by Gasteiger charge is 2.22. The van der Waals surface area contributed by atoms with Gasteiger partial charge in [-0.2, -0.15) is 0 Å². The van der Waals surface area contributed by atoms with E-state index in [9.17, 15) is 0 Å². The highest BCUT2D eigenvalue weighted by molar-refractivity contribution is 7.26. The zero-order chi connectivity index (χ0) is 65.8. The number of para-hydroxylation sites is 1. The van der Waals surface area contributed by atoms with Crippen molar-refractivity contribution in [3.63, 3.8) is 0 Å². The molecule has 0 aliphatic rings. The van der Waals surface area contributed by atoms with Crippen molar-refractivity contribution in [3.05, 3.63) is 328 Å². The summed E-state index contributed by atoms with van der Waals surface area (Å²) in [5, 5.41) is 9.18. The molecule has 100 heavy (non-hydrogen) atoms. The third-order valence-corrected chi connectivity index (χ3v) is 22.1. The number of furan rings is 2. The maximum atomic E-state index is 6.94. The molecule has 0 saturated heterocycles. The van der Waals surface area contributed by atoms with Crippen molar-refractivity contribution in [3.8, 4) is 123 Å². The highest BCUT2D eigenvalue weighted by Crippen LogP contribution is 2.46. The Bertz CT molecular complexity index is 6650. The van der Waals surface area contributed by atoms with Crippen molar-refractivity contribution in [1.29, 1.82) is 0 Å².